The van der Waals surface area contributed by atoms with E-state index in [9.17, 15) is 21.6 Å². The summed E-state index contributed by atoms with van der Waals surface area (Å²) in [5.74, 6) is -0.519. The molecule has 4 rings (SSSR count). The van der Waals surface area contributed by atoms with Gasteiger partial charge in [-0.2, -0.15) is 8.61 Å². The number of piperidine rings is 1. The summed E-state index contributed by atoms with van der Waals surface area (Å²) in [5, 5.41) is 2.83. The Hall–Kier alpha value is -2.31. The number of carbonyl (C=O) groups is 1. The minimum absolute atomic E-state index is 0.169. The van der Waals surface area contributed by atoms with Crippen molar-refractivity contribution in [1.82, 2.24) is 8.61 Å². The molecule has 2 aliphatic heterocycles. The zero-order valence-corrected chi connectivity index (χ0v) is 21.6. The molecule has 2 aromatic carbocycles. The van der Waals surface area contributed by atoms with Crippen LogP contribution in [0.25, 0.3) is 0 Å². The van der Waals surface area contributed by atoms with Crippen LogP contribution in [0.15, 0.2) is 52.3 Å². The largest absolute Gasteiger partial charge is 0.379 e. The minimum Gasteiger partial charge on any atom is -0.379 e. The minimum atomic E-state index is -3.60. The molecule has 35 heavy (non-hydrogen) atoms. The summed E-state index contributed by atoms with van der Waals surface area (Å²) in [4.78, 5) is 13.2. The Labute approximate surface area is 207 Å². The van der Waals surface area contributed by atoms with E-state index in [0.717, 1.165) is 11.1 Å². The van der Waals surface area contributed by atoms with E-state index in [0.29, 0.717) is 44.8 Å². The molecule has 2 aliphatic rings. The van der Waals surface area contributed by atoms with E-state index in [1.807, 2.05) is 13.8 Å². The number of amides is 1. The van der Waals surface area contributed by atoms with Gasteiger partial charge < -0.3 is 10.1 Å². The lowest BCUT2D eigenvalue weighted by molar-refractivity contribution is -0.120. The van der Waals surface area contributed by atoms with E-state index in [2.05, 4.69) is 5.32 Å². The number of hydrogen-bond acceptors (Lipinski definition) is 6. The van der Waals surface area contributed by atoms with E-state index in [1.165, 1.54) is 20.7 Å². The fourth-order valence-electron chi connectivity index (χ4n) is 4.27. The normalized spacial score (nSPS) is 18.9. The van der Waals surface area contributed by atoms with Crippen LogP contribution in [0.5, 0.6) is 0 Å². The fourth-order valence-corrected chi connectivity index (χ4v) is 7.24. The van der Waals surface area contributed by atoms with Crippen molar-refractivity contribution in [3.63, 3.8) is 0 Å². The van der Waals surface area contributed by atoms with Gasteiger partial charge in [0.15, 0.2) is 0 Å². The zero-order valence-electron chi connectivity index (χ0n) is 19.9. The van der Waals surface area contributed by atoms with Crippen LogP contribution >= 0.6 is 0 Å². The van der Waals surface area contributed by atoms with Crippen LogP contribution < -0.4 is 5.32 Å². The second kappa shape index (κ2) is 10.4. The van der Waals surface area contributed by atoms with Crippen LogP contribution in [0.4, 0.5) is 5.69 Å². The number of rotatable bonds is 6. The lowest BCUT2D eigenvalue weighted by Gasteiger charge is -2.30. The third-order valence-corrected chi connectivity index (χ3v) is 10.5. The first kappa shape index (κ1) is 25.8. The van der Waals surface area contributed by atoms with Crippen molar-refractivity contribution in [2.75, 3.05) is 44.7 Å². The number of benzene rings is 2. The number of hydrogen-bond donors (Lipinski definition) is 1. The Bertz CT molecular complexity index is 1280. The van der Waals surface area contributed by atoms with Crippen molar-refractivity contribution in [1.29, 1.82) is 0 Å². The predicted molar refractivity (Wildman–Crippen MR) is 132 cm³/mol. The maximum Gasteiger partial charge on any atom is 0.243 e. The van der Waals surface area contributed by atoms with Crippen LogP contribution in [-0.2, 0) is 29.6 Å². The van der Waals surface area contributed by atoms with Gasteiger partial charge in [0.2, 0.25) is 26.0 Å². The maximum absolute atomic E-state index is 13.0. The van der Waals surface area contributed by atoms with Crippen LogP contribution in [0.3, 0.4) is 0 Å². The van der Waals surface area contributed by atoms with Crippen molar-refractivity contribution in [3.05, 3.63) is 53.6 Å². The van der Waals surface area contributed by atoms with Gasteiger partial charge in [0.25, 0.3) is 0 Å². The van der Waals surface area contributed by atoms with E-state index in [1.54, 1.807) is 30.3 Å². The smallest absolute Gasteiger partial charge is 0.243 e. The van der Waals surface area contributed by atoms with Crippen molar-refractivity contribution in [2.45, 2.75) is 36.5 Å². The topological polar surface area (TPSA) is 113 Å². The summed E-state index contributed by atoms with van der Waals surface area (Å²) < 4.78 is 59.6. The summed E-state index contributed by atoms with van der Waals surface area (Å²) >= 11 is 0. The highest BCUT2D eigenvalue weighted by Gasteiger charge is 2.32. The van der Waals surface area contributed by atoms with Gasteiger partial charge in [-0.05, 0) is 74.2 Å². The standard InChI is InChI=1S/C24H31N3O6S2/c1-18-3-6-23(17-19(18)2)35(31,32)26-11-9-20(10-12-26)24(28)25-21-4-7-22(8-5-21)34(29,30)27-13-15-33-16-14-27/h3-8,17,20H,9-16H2,1-2H3,(H,25,28). The summed E-state index contributed by atoms with van der Waals surface area (Å²) in [7, 11) is -7.20. The van der Waals surface area contributed by atoms with Gasteiger partial charge in [0.05, 0.1) is 23.0 Å². The van der Waals surface area contributed by atoms with Crippen LogP contribution in [0, 0.1) is 19.8 Å². The van der Waals surface area contributed by atoms with Gasteiger partial charge in [-0.1, -0.05) is 6.07 Å². The molecule has 0 saturated carbocycles. The molecule has 0 bridgehead atoms. The molecule has 0 radical (unpaired) electrons. The van der Waals surface area contributed by atoms with Gasteiger partial charge in [-0.3, -0.25) is 4.79 Å². The molecule has 2 saturated heterocycles. The number of morpholine rings is 1. The molecule has 0 unspecified atom stereocenters. The maximum atomic E-state index is 13.0. The highest BCUT2D eigenvalue weighted by atomic mass is 32.2. The molecule has 1 amide bonds. The number of aryl methyl sites for hydroxylation is 2. The molecule has 11 heteroatoms. The Kier molecular flexibility index (Phi) is 7.62. The molecule has 9 nitrogen and oxygen atoms in total. The van der Waals surface area contributed by atoms with E-state index in [4.69, 9.17) is 4.74 Å². The SMILES string of the molecule is Cc1ccc(S(=O)(=O)N2CCC(C(=O)Nc3ccc(S(=O)(=O)N4CCOCC4)cc3)CC2)cc1C. The second-order valence-corrected chi connectivity index (χ2v) is 12.8. The highest BCUT2D eigenvalue weighted by molar-refractivity contribution is 7.89. The average Bonchev–Trinajstić information content (AvgIpc) is 2.86. The Balaban J connectivity index is 1.34. The predicted octanol–water partition coefficient (Wildman–Crippen LogP) is 2.36. The van der Waals surface area contributed by atoms with Gasteiger partial charge in [0.1, 0.15) is 0 Å². The molecular weight excluding hydrogens is 490 g/mol. The van der Waals surface area contributed by atoms with Crippen molar-refractivity contribution < 1.29 is 26.4 Å². The van der Waals surface area contributed by atoms with Crippen LogP contribution in [-0.4, -0.2) is 70.7 Å². The van der Waals surface area contributed by atoms with Gasteiger partial charge in [-0.25, -0.2) is 16.8 Å². The van der Waals surface area contributed by atoms with Gasteiger partial charge in [-0.15, -0.1) is 0 Å². The fraction of sp³-hybridized carbons (Fsp3) is 0.458. The number of anilines is 1. The average molecular weight is 522 g/mol. The van der Waals surface area contributed by atoms with Gasteiger partial charge >= 0.3 is 0 Å². The molecule has 0 spiro atoms. The number of carbonyl (C=O) groups excluding carboxylic acids is 1. The first-order valence-corrected chi connectivity index (χ1v) is 14.5. The second-order valence-electron chi connectivity index (χ2n) is 8.95. The van der Waals surface area contributed by atoms with Crippen molar-refractivity contribution in [3.8, 4) is 0 Å². The number of ether oxygens (including phenoxy) is 1. The summed E-state index contributed by atoms with van der Waals surface area (Å²) in [6.45, 7) is 5.74. The first-order chi connectivity index (χ1) is 16.6. The highest BCUT2D eigenvalue weighted by Crippen LogP contribution is 2.26. The van der Waals surface area contributed by atoms with Crippen LogP contribution in [0.2, 0.25) is 0 Å². The molecule has 2 aromatic rings. The monoisotopic (exact) mass is 521 g/mol. The van der Waals surface area contributed by atoms with E-state index >= 15 is 0 Å². The molecule has 1 N–H and O–H groups in total. The molecule has 0 aromatic heterocycles. The molecule has 2 fully saturated rings. The summed E-state index contributed by atoms with van der Waals surface area (Å²) in [6, 6.07) is 11.2. The summed E-state index contributed by atoms with van der Waals surface area (Å²) in [5.41, 5.74) is 2.45. The van der Waals surface area contributed by atoms with Crippen LogP contribution in [0.1, 0.15) is 24.0 Å². The lowest BCUT2D eigenvalue weighted by atomic mass is 9.97. The van der Waals surface area contributed by atoms with E-state index in [-0.39, 0.29) is 34.7 Å². The molecular formula is C24H31N3O6S2. The third kappa shape index (κ3) is 5.59. The van der Waals surface area contributed by atoms with E-state index < -0.39 is 20.0 Å². The third-order valence-electron chi connectivity index (χ3n) is 6.67. The first-order valence-electron chi connectivity index (χ1n) is 11.7. The quantitative estimate of drug-likeness (QED) is 0.625. The molecule has 0 aliphatic carbocycles. The van der Waals surface area contributed by atoms with Gasteiger partial charge in [0, 0.05) is 37.8 Å². The lowest BCUT2D eigenvalue weighted by Crippen LogP contribution is -2.41. The molecule has 190 valence electrons. The van der Waals surface area contributed by atoms with Crippen molar-refractivity contribution in [2.24, 2.45) is 5.92 Å². The molecule has 2 heterocycles. The summed E-state index contributed by atoms with van der Waals surface area (Å²) in [6.07, 6.45) is 0.832. The molecule has 0 atom stereocenters. The number of sulfonamides is 2. The van der Waals surface area contributed by atoms with Crippen molar-refractivity contribution >= 4 is 31.6 Å². The zero-order chi connectivity index (χ0) is 25.2. The number of nitrogens with one attached hydrogen (secondary N) is 1. The Morgan fingerprint density at radius 1 is 0.800 bits per heavy atom. The number of nitrogens with zero attached hydrogens (tertiary/aromatic N) is 2. The Morgan fingerprint density at radius 3 is 1.94 bits per heavy atom. The Morgan fingerprint density at radius 2 is 1.34 bits per heavy atom.